The fourth-order valence-electron chi connectivity index (χ4n) is 3.63. The smallest absolute Gasteiger partial charge is 0.251 e. The van der Waals surface area contributed by atoms with Crippen LogP contribution in [0.4, 0.5) is 0 Å². The van der Waals surface area contributed by atoms with Crippen molar-refractivity contribution < 1.29 is 4.79 Å². The van der Waals surface area contributed by atoms with Crippen molar-refractivity contribution in [3.63, 3.8) is 0 Å². The lowest BCUT2D eigenvalue weighted by Crippen LogP contribution is -2.55. The van der Waals surface area contributed by atoms with Crippen LogP contribution in [0.15, 0.2) is 24.3 Å². The molecule has 1 N–H and O–H groups in total. The van der Waals surface area contributed by atoms with Crippen LogP contribution >= 0.6 is 22.6 Å². The Labute approximate surface area is 134 Å². The number of nitrogens with zero attached hydrogens (tertiary/aromatic N) is 1. The van der Waals surface area contributed by atoms with Crippen molar-refractivity contribution in [3.8, 4) is 0 Å². The molecular weight excluding hydrogens is 363 g/mol. The average Bonchev–Trinajstić information content (AvgIpc) is 2.40. The Hall–Kier alpha value is -0.620. The predicted octanol–water partition coefficient (Wildman–Crippen LogP) is 3.04. The second kappa shape index (κ2) is 6.02. The van der Waals surface area contributed by atoms with Gasteiger partial charge in [-0.05, 0) is 73.5 Å². The molecule has 2 aliphatic heterocycles. The zero-order valence-corrected chi connectivity index (χ0v) is 14.0. The van der Waals surface area contributed by atoms with Crippen molar-refractivity contribution in [2.75, 3.05) is 7.05 Å². The molecule has 20 heavy (non-hydrogen) atoms. The number of carbonyl (C=O) groups excluding carboxylic acids is 1. The summed E-state index contributed by atoms with van der Waals surface area (Å²) in [4.78, 5) is 14.9. The Balaban J connectivity index is 1.65. The lowest BCUT2D eigenvalue weighted by atomic mass is 9.82. The average molecular weight is 384 g/mol. The van der Waals surface area contributed by atoms with E-state index in [4.69, 9.17) is 0 Å². The van der Waals surface area contributed by atoms with E-state index in [0.29, 0.717) is 18.1 Å². The van der Waals surface area contributed by atoms with E-state index in [1.54, 1.807) is 0 Å². The molecule has 2 unspecified atom stereocenters. The van der Waals surface area contributed by atoms with Gasteiger partial charge < -0.3 is 10.2 Å². The van der Waals surface area contributed by atoms with Gasteiger partial charge in [-0.25, -0.2) is 0 Å². The van der Waals surface area contributed by atoms with Gasteiger partial charge in [-0.15, -0.1) is 0 Å². The Kier molecular flexibility index (Phi) is 4.31. The number of piperidine rings is 2. The molecular formula is C16H21IN2O. The van der Waals surface area contributed by atoms with Gasteiger partial charge in [0, 0.05) is 27.3 Å². The minimum absolute atomic E-state index is 0.0798. The molecule has 2 atom stereocenters. The lowest BCUT2D eigenvalue weighted by molar-refractivity contribution is 0.0463. The van der Waals surface area contributed by atoms with Crippen LogP contribution in [0.5, 0.6) is 0 Å². The van der Waals surface area contributed by atoms with E-state index in [1.165, 1.54) is 19.3 Å². The van der Waals surface area contributed by atoms with Crippen molar-refractivity contribution in [1.29, 1.82) is 0 Å². The van der Waals surface area contributed by atoms with Gasteiger partial charge in [0.05, 0.1) is 0 Å². The highest BCUT2D eigenvalue weighted by Crippen LogP contribution is 2.32. The van der Waals surface area contributed by atoms with Gasteiger partial charge in [0.1, 0.15) is 0 Å². The second-order valence-electron chi connectivity index (χ2n) is 6.06. The largest absolute Gasteiger partial charge is 0.349 e. The molecule has 3 rings (SSSR count). The van der Waals surface area contributed by atoms with Crippen molar-refractivity contribution in [2.24, 2.45) is 0 Å². The third-order valence-corrected chi connectivity index (χ3v) is 5.43. The Morgan fingerprint density at radius 1 is 1.30 bits per heavy atom. The standard InChI is InChI=1S/C16H21IN2O/c1-19-14-6-3-7-15(19)10-13(9-14)18-16(20)11-4-2-5-12(17)8-11/h2,4-5,8,13-15H,3,6-7,9-10H2,1H3,(H,18,20). The first kappa shape index (κ1) is 14.3. The van der Waals surface area contributed by atoms with Crippen LogP contribution in [0.25, 0.3) is 0 Å². The van der Waals surface area contributed by atoms with Crippen LogP contribution in [-0.4, -0.2) is 36.0 Å². The predicted molar refractivity (Wildman–Crippen MR) is 88.8 cm³/mol. The number of amides is 1. The fraction of sp³-hybridized carbons (Fsp3) is 0.562. The fourth-order valence-corrected chi connectivity index (χ4v) is 4.18. The van der Waals surface area contributed by atoms with Crippen LogP contribution < -0.4 is 5.32 Å². The summed E-state index contributed by atoms with van der Waals surface area (Å²) in [6.45, 7) is 0. The van der Waals surface area contributed by atoms with Crippen molar-refractivity contribution >= 4 is 28.5 Å². The summed E-state index contributed by atoms with van der Waals surface area (Å²) in [6.07, 6.45) is 6.10. The molecule has 0 aromatic heterocycles. The van der Waals surface area contributed by atoms with Crippen molar-refractivity contribution in [2.45, 2.75) is 50.2 Å². The lowest BCUT2D eigenvalue weighted by Gasteiger charge is -2.47. The molecule has 2 saturated heterocycles. The molecule has 0 saturated carbocycles. The highest BCUT2D eigenvalue weighted by molar-refractivity contribution is 14.1. The molecule has 2 aliphatic rings. The maximum absolute atomic E-state index is 12.3. The summed E-state index contributed by atoms with van der Waals surface area (Å²) >= 11 is 2.25. The molecule has 0 aliphatic carbocycles. The number of carbonyl (C=O) groups is 1. The summed E-state index contributed by atoms with van der Waals surface area (Å²) in [5, 5.41) is 3.24. The number of benzene rings is 1. The SMILES string of the molecule is CN1C2CCCC1CC(NC(=O)c1cccc(I)c1)C2. The van der Waals surface area contributed by atoms with Gasteiger partial charge in [0.25, 0.3) is 5.91 Å². The molecule has 0 spiro atoms. The molecule has 0 radical (unpaired) electrons. The van der Waals surface area contributed by atoms with Crippen LogP contribution in [0.2, 0.25) is 0 Å². The summed E-state index contributed by atoms with van der Waals surface area (Å²) in [5.74, 6) is 0.0798. The van der Waals surface area contributed by atoms with Gasteiger partial charge in [-0.3, -0.25) is 4.79 Å². The van der Waals surface area contributed by atoms with E-state index in [1.807, 2.05) is 24.3 Å². The minimum atomic E-state index is 0.0798. The molecule has 3 nitrogen and oxygen atoms in total. The molecule has 2 heterocycles. The minimum Gasteiger partial charge on any atom is -0.349 e. The quantitative estimate of drug-likeness (QED) is 0.796. The van der Waals surface area contributed by atoms with Gasteiger partial charge in [-0.2, -0.15) is 0 Å². The Morgan fingerprint density at radius 3 is 2.65 bits per heavy atom. The molecule has 108 valence electrons. The van der Waals surface area contributed by atoms with Crippen molar-refractivity contribution in [1.82, 2.24) is 10.2 Å². The van der Waals surface area contributed by atoms with Crippen LogP contribution in [0.1, 0.15) is 42.5 Å². The van der Waals surface area contributed by atoms with E-state index >= 15 is 0 Å². The molecule has 1 amide bonds. The zero-order chi connectivity index (χ0) is 14.1. The van der Waals surface area contributed by atoms with Gasteiger partial charge in [0.2, 0.25) is 0 Å². The number of hydrogen-bond donors (Lipinski definition) is 1. The highest BCUT2D eigenvalue weighted by atomic mass is 127. The molecule has 1 aromatic carbocycles. The normalized spacial score (nSPS) is 30.0. The Bertz CT molecular complexity index is 491. The van der Waals surface area contributed by atoms with Gasteiger partial charge in [0.15, 0.2) is 0 Å². The van der Waals surface area contributed by atoms with Gasteiger partial charge >= 0.3 is 0 Å². The van der Waals surface area contributed by atoms with Crippen LogP contribution in [0, 0.1) is 3.57 Å². The van der Waals surface area contributed by atoms with E-state index in [-0.39, 0.29) is 5.91 Å². The van der Waals surface area contributed by atoms with Crippen molar-refractivity contribution in [3.05, 3.63) is 33.4 Å². The summed E-state index contributed by atoms with van der Waals surface area (Å²) in [7, 11) is 2.24. The number of fused-ring (bicyclic) bond motifs is 2. The highest BCUT2D eigenvalue weighted by Gasteiger charge is 2.36. The Morgan fingerprint density at radius 2 is 2.00 bits per heavy atom. The second-order valence-corrected chi connectivity index (χ2v) is 7.30. The van der Waals surface area contributed by atoms with E-state index < -0.39 is 0 Å². The number of hydrogen-bond acceptors (Lipinski definition) is 2. The summed E-state index contributed by atoms with van der Waals surface area (Å²) in [5.41, 5.74) is 0.779. The maximum atomic E-state index is 12.3. The van der Waals surface area contributed by atoms with E-state index in [2.05, 4.69) is 39.9 Å². The summed E-state index contributed by atoms with van der Waals surface area (Å²) in [6, 6.07) is 9.45. The monoisotopic (exact) mass is 384 g/mol. The zero-order valence-electron chi connectivity index (χ0n) is 11.8. The first-order valence-corrected chi connectivity index (χ1v) is 8.49. The number of halogens is 1. The third-order valence-electron chi connectivity index (χ3n) is 4.76. The van der Waals surface area contributed by atoms with Gasteiger partial charge in [-0.1, -0.05) is 12.5 Å². The molecule has 4 heteroatoms. The third kappa shape index (κ3) is 3.01. The molecule has 2 fully saturated rings. The topological polar surface area (TPSA) is 32.3 Å². The van der Waals surface area contributed by atoms with Crippen LogP contribution in [0.3, 0.4) is 0 Å². The summed E-state index contributed by atoms with van der Waals surface area (Å²) < 4.78 is 1.11. The number of nitrogens with one attached hydrogen (secondary N) is 1. The molecule has 1 aromatic rings. The first-order chi connectivity index (χ1) is 9.63. The van der Waals surface area contributed by atoms with Crippen LogP contribution in [-0.2, 0) is 0 Å². The molecule has 2 bridgehead atoms. The number of rotatable bonds is 2. The van der Waals surface area contributed by atoms with E-state index in [0.717, 1.165) is 22.0 Å². The first-order valence-electron chi connectivity index (χ1n) is 7.42. The maximum Gasteiger partial charge on any atom is 0.251 e. The van der Waals surface area contributed by atoms with E-state index in [9.17, 15) is 4.79 Å².